The molecule has 528 valence electrons. The monoisotopic (exact) mass is 1390 g/mol. The maximum atomic E-state index is 14.5. The maximum absolute atomic E-state index is 14.5. The highest BCUT2D eigenvalue weighted by Gasteiger charge is 2.41. The van der Waals surface area contributed by atoms with E-state index < -0.39 is 181 Å². The number of hydrogen-bond donors (Lipinski definition) is 13. The van der Waals surface area contributed by atoms with Crippen LogP contribution in [0.15, 0.2) is 109 Å². The lowest BCUT2D eigenvalue weighted by Gasteiger charge is -2.31. The Kier molecular flexibility index (Phi) is 22.5. The average Bonchev–Trinajstić information content (AvgIpc) is 0.691. The molecule has 7 aromatic carbocycles. The summed E-state index contributed by atoms with van der Waals surface area (Å²) in [6, 6.07) is 17.4. The molecule has 2 heterocycles. The lowest BCUT2D eigenvalue weighted by atomic mass is 9.82. The van der Waals surface area contributed by atoms with Gasteiger partial charge in [-0.3, -0.25) is 72.1 Å². The van der Waals surface area contributed by atoms with Gasteiger partial charge in [0.15, 0.2) is 0 Å². The quantitative estimate of drug-likeness (QED) is 0.0162. The molecular formula is C71H74N10O20. The van der Waals surface area contributed by atoms with Crippen LogP contribution in [0.2, 0.25) is 0 Å². The second-order valence-electron chi connectivity index (χ2n) is 25.6. The summed E-state index contributed by atoms with van der Waals surface area (Å²) in [5.41, 5.74) is 1.40. The summed E-state index contributed by atoms with van der Waals surface area (Å²) in [4.78, 5) is 202. The zero-order valence-electron chi connectivity index (χ0n) is 55.4. The largest absolute Gasteiger partial charge is 0.481 e. The lowest BCUT2D eigenvalue weighted by molar-refractivity contribution is -0.145. The molecule has 101 heavy (non-hydrogen) atoms. The standard InChI is InChI=1S/C71H74N10O20/c1-32(2)58(70(98)99)78-64(92)49(27-52(84)85)76-62(90)47(25-36-13-9-7-10-14-36)74-60(88)34(5)72-29-38(82)30-80-66(94)43-21-17-39-41-19-23-45-57-46(24-20-42(55(41)57)40-18-22-44(67(80)95)56(43)54(39)40)69(97)81(68(45)96)31-51(83)73-35(6)61(89)75-48(26-37-15-11-8-12-16-37)63(91)77-50(28-53(86)87)65(93)79-59(33(3)4)71(100)101/h7-24,32-35,38,47-50,58-59,72,82H,25-31H2,1-6H3,(H,73,83)(H,74,88)(H,75,89)(H,76,90)(H,77,91)(H,78,92)(H,79,93)(H,84,85)(H,86,87)(H,98,99)(H,100,101). The van der Waals surface area contributed by atoms with E-state index in [1.54, 1.807) is 84.9 Å². The number of nitrogens with zero attached hydrogens (tertiary/aromatic N) is 2. The molecule has 9 atom stereocenters. The number of benzene rings is 7. The molecule has 2 aliphatic heterocycles. The Labute approximate surface area is 575 Å². The minimum Gasteiger partial charge on any atom is -0.481 e. The van der Waals surface area contributed by atoms with Crippen molar-refractivity contribution >= 4 is 132 Å². The van der Waals surface area contributed by atoms with Crippen LogP contribution < -0.4 is 42.5 Å². The van der Waals surface area contributed by atoms with Gasteiger partial charge in [0.25, 0.3) is 23.6 Å². The normalized spacial score (nSPS) is 15.5. The molecule has 0 bridgehead atoms. The number of hydrogen-bond acceptors (Lipinski definition) is 17. The molecule has 9 rings (SSSR count). The third-order valence-corrected chi connectivity index (χ3v) is 17.6. The highest BCUT2D eigenvalue weighted by molar-refractivity contribution is 6.41. The van der Waals surface area contributed by atoms with Gasteiger partial charge in [-0.15, -0.1) is 0 Å². The Hall–Kier alpha value is -11.8. The smallest absolute Gasteiger partial charge is 0.326 e. The Morgan fingerprint density at radius 1 is 0.386 bits per heavy atom. The predicted molar refractivity (Wildman–Crippen MR) is 361 cm³/mol. The average molecular weight is 1390 g/mol. The van der Waals surface area contributed by atoms with E-state index in [2.05, 4.69) is 42.5 Å². The molecule has 0 radical (unpaired) electrons. The number of carbonyl (C=O) groups is 15. The number of nitrogens with one attached hydrogen (secondary N) is 8. The van der Waals surface area contributed by atoms with Crippen LogP contribution in [0.4, 0.5) is 0 Å². The van der Waals surface area contributed by atoms with Gasteiger partial charge in [-0.05, 0) is 93.4 Å². The molecule has 30 heteroatoms. The Morgan fingerprint density at radius 2 is 0.723 bits per heavy atom. The van der Waals surface area contributed by atoms with Crippen molar-refractivity contribution in [3.05, 3.63) is 143 Å². The van der Waals surface area contributed by atoms with Crippen molar-refractivity contribution in [2.24, 2.45) is 11.8 Å². The summed E-state index contributed by atoms with van der Waals surface area (Å²) >= 11 is 0. The minimum absolute atomic E-state index is 0.0476. The zero-order chi connectivity index (χ0) is 73.6. The molecular weight excluding hydrogens is 1310 g/mol. The van der Waals surface area contributed by atoms with E-state index in [1.165, 1.54) is 65.8 Å². The lowest BCUT2D eigenvalue weighted by Crippen LogP contribution is -2.59. The summed E-state index contributed by atoms with van der Waals surface area (Å²) in [6.07, 6.45) is -3.68. The van der Waals surface area contributed by atoms with Gasteiger partial charge < -0.3 is 68.1 Å². The van der Waals surface area contributed by atoms with Crippen LogP contribution >= 0.6 is 0 Å². The third-order valence-electron chi connectivity index (χ3n) is 17.6. The fourth-order valence-electron chi connectivity index (χ4n) is 12.4. The number of carboxylic acids is 4. The summed E-state index contributed by atoms with van der Waals surface area (Å²) in [6.45, 7) is 6.95. The van der Waals surface area contributed by atoms with Crippen LogP contribution in [-0.2, 0) is 65.6 Å². The van der Waals surface area contributed by atoms with Gasteiger partial charge in [-0.2, -0.15) is 0 Å². The highest BCUT2D eigenvalue weighted by Crippen LogP contribution is 2.46. The second kappa shape index (κ2) is 31.0. The topological polar surface area (TPSA) is 460 Å². The Morgan fingerprint density at radius 3 is 1.07 bits per heavy atom. The van der Waals surface area contributed by atoms with Crippen molar-refractivity contribution in [3.8, 4) is 0 Å². The van der Waals surface area contributed by atoms with Gasteiger partial charge in [-0.25, -0.2) is 9.59 Å². The Balaban J connectivity index is 0.867. The van der Waals surface area contributed by atoms with Crippen molar-refractivity contribution in [3.63, 3.8) is 0 Å². The first-order chi connectivity index (χ1) is 47.8. The molecule has 9 unspecified atom stereocenters. The first kappa shape index (κ1) is 73.5. The number of rotatable bonds is 32. The fourth-order valence-corrected chi connectivity index (χ4v) is 12.4. The van der Waals surface area contributed by atoms with Crippen LogP contribution in [-0.4, -0.2) is 198 Å². The van der Waals surface area contributed by atoms with E-state index in [0.717, 1.165) is 4.90 Å². The molecule has 0 aliphatic carbocycles. The van der Waals surface area contributed by atoms with Crippen LogP contribution in [0.3, 0.4) is 0 Å². The predicted octanol–water partition coefficient (Wildman–Crippen LogP) is 1.60. The number of carbonyl (C=O) groups excluding carboxylic acids is 11. The minimum atomic E-state index is -1.78. The first-order valence-electron chi connectivity index (χ1n) is 32.3. The number of aliphatic hydroxyl groups excluding tert-OH is 1. The van der Waals surface area contributed by atoms with Crippen LogP contribution in [0.1, 0.15) is 107 Å². The number of carboxylic acid groups (broad SMARTS) is 4. The number of β-amino-alcohol motifs (C(OH)–C–C–N with tert-alkyl or cyclic N) is 1. The number of imide groups is 2. The van der Waals surface area contributed by atoms with Crippen LogP contribution in [0, 0.1) is 11.8 Å². The van der Waals surface area contributed by atoms with Crippen LogP contribution in [0.25, 0.3) is 43.1 Å². The molecule has 0 spiro atoms. The van der Waals surface area contributed by atoms with E-state index in [9.17, 15) is 97.5 Å². The first-order valence-corrected chi connectivity index (χ1v) is 32.3. The SMILES string of the molecule is CC(NCC(O)CN1C(=O)c2ccc3c4ccc5c6c(ccc(c7ccc(c2c37)C1=O)c64)C(=O)N(CC(=O)NC(C)C(=O)NC(Cc1ccccc1)C(=O)NC(CC(=O)O)C(=O)NC(C(=O)O)C(C)C)C5=O)C(=O)NC(Cc1ccccc1)C(=O)NC(CC(=O)O)C(=O)NC(C(=O)O)C(C)C. The molecule has 13 N–H and O–H groups in total. The fraction of sp³-hybridized carbons (Fsp3) is 0.338. The summed E-state index contributed by atoms with van der Waals surface area (Å²) in [5.74, 6) is -17.1. The van der Waals surface area contributed by atoms with Gasteiger partial charge in [-0.1, -0.05) is 113 Å². The summed E-state index contributed by atoms with van der Waals surface area (Å²) < 4.78 is 0. The summed E-state index contributed by atoms with van der Waals surface area (Å²) in [5, 5.41) is 73.2. The Bertz CT molecular complexity index is 4410. The molecule has 0 saturated heterocycles. The van der Waals surface area contributed by atoms with Gasteiger partial charge in [0, 0.05) is 52.4 Å². The molecule has 0 fully saturated rings. The van der Waals surface area contributed by atoms with E-state index in [4.69, 9.17) is 0 Å². The van der Waals surface area contributed by atoms with E-state index >= 15 is 0 Å². The second-order valence-corrected chi connectivity index (χ2v) is 25.6. The molecule has 7 aromatic rings. The molecule has 0 saturated carbocycles. The number of fused-ring (bicyclic) bond motifs is 2. The van der Waals surface area contributed by atoms with Crippen molar-refractivity contribution < 1.29 is 97.5 Å². The van der Waals surface area contributed by atoms with Gasteiger partial charge in [0.1, 0.15) is 48.8 Å². The number of aliphatic hydroxyl groups is 1. The van der Waals surface area contributed by atoms with Crippen LogP contribution in [0.5, 0.6) is 0 Å². The molecule has 30 nitrogen and oxygen atoms in total. The van der Waals surface area contributed by atoms with Crippen molar-refractivity contribution in [1.82, 2.24) is 52.3 Å². The van der Waals surface area contributed by atoms with Crippen molar-refractivity contribution in [2.45, 2.75) is 122 Å². The van der Waals surface area contributed by atoms with E-state index in [0.29, 0.717) is 53.7 Å². The van der Waals surface area contributed by atoms with Crippen molar-refractivity contribution in [1.29, 1.82) is 0 Å². The number of amides is 11. The maximum Gasteiger partial charge on any atom is 0.326 e. The van der Waals surface area contributed by atoms with Crippen molar-refractivity contribution in [2.75, 3.05) is 19.6 Å². The summed E-state index contributed by atoms with van der Waals surface area (Å²) in [7, 11) is 0. The number of aliphatic carboxylic acids is 4. The van der Waals surface area contributed by atoms with E-state index in [1.807, 2.05) is 0 Å². The third kappa shape index (κ3) is 16.2. The van der Waals surface area contributed by atoms with Gasteiger partial charge >= 0.3 is 23.9 Å². The molecule has 11 amide bonds. The molecule has 2 aliphatic rings. The highest BCUT2D eigenvalue weighted by atomic mass is 16.4. The molecule has 0 aromatic heterocycles. The zero-order valence-corrected chi connectivity index (χ0v) is 55.4. The van der Waals surface area contributed by atoms with E-state index in [-0.39, 0.29) is 47.0 Å². The van der Waals surface area contributed by atoms with Gasteiger partial charge in [0.05, 0.1) is 31.5 Å². The van der Waals surface area contributed by atoms with Gasteiger partial charge in [0.2, 0.25) is 41.4 Å².